The third kappa shape index (κ3) is 3.71. The molecule has 0 aliphatic heterocycles. The van der Waals surface area contributed by atoms with Gasteiger partial charge in [-0.2, -0.15) is 10.1 Å². The lowest BCUT2D eigenvalue weighted by Gasteiger charge is -2.10. The molecule has 0 saturated carbocycles. The van der Waals surface area contributed by atoms with E-state index in [-0.39, 0.29) is 17.1 Å². The fourth-order valence-corrected chi connectivity index (χ4v) is 2.89. The zero-order valence-electron chi connectivity index (χ0n) is 16.7. The summed E-state index contributed by atoms with van der Waals surface area (Å²) in [4.78, 5) is 25.0. The molecule has 3 heterocycles. The van der Waals surface area contributed by atoms with Crippen LogP contribution in [0.2, 0.25) is 0 Å². The fraction of sp³-hybridized carbons (Fsp3) is 0.300. The molecule has 4 rings (SSSR count). The Morgan fingerprint density at radius 3 is 2.83 bits per heavy atom. The van der Waals surface area contributed by atoms with Crippen LogP contribution in [0.15, 0.2) is 41.6 Å². The second-order valence-electron chi connectivity index (χ2n) is 7.83. The first-order valence-corrected chi connectivity index (χ1v) is 9.18. The van der Waals surface area contributed by atoms with E-state index in [2.05, 4.69) is 30.5 Å². The van der Waals surface area contributed by atoms with Crippen molar-refractivity contribution in [2.45, 2.75) is 39.7 Å². The molecular weight excluding hydrogens is 370 g/mol. The third-order valence-corrected chi connectivity index (χ3v) is 4.55. The van der Waals surface area contributed by atoms with Crippen LogP contribution in [0, 0.1) is 6.92 Å². The second kappa shape index (κ2) is 7.08. The summed E-state index contributed by atoms with van der Waals surface area (Å²) in [7, 11) is 0. The summed E-state index contributed by atoms with van der Waals surface area (Å²) in [6.45, 7) is 8.19. The number of aromatic nitrogens is 6. The lowest BCUT2D eigenvalue weighted by molar-refractivity contribution is 0.0937. The van der Waals surface area contributed by atoms with Gasteiger partial charge in [0.05, 0.1) is 11.9 Å². The lowest BCUT2D eigenvalue weighted by atomic mass is 9.97. The predicted octanol–water partition coefficient (Wildman–Crippen LogP) is 2.71. The van der Waals surface area contributed by atoms with Crippen LogP contribution in [0.25, 0.3) is 16.8 Å². The van der Waals surface area contributed by atoms with Gasteiger partial charge in [-0.15, -0.1) is 0 Å². The van der Waals surface area contributed by atoms with E-state index < -0.39 is 0 Å². The number of hydrogen-bond donors (Lipinski definition) is 1. The Kier molecular flexibility index (Phi) is 4.57. The van der Waals surface area contributed by atoms with Gasteiger partial charge in [0.2, 0.25) is 5.89 Å². The van der Waals surface area contributed by atoms with Crippen LogP contribution in [0.3, 0.4) is 0 Å². The van der Waals surface area contributed by atoms with Gasteiger partial charge in [-0.1, -0.05) is 38.1 Å². The number of carbonyl (C=O) groups is 1. The van der Waals surface area contributed by atoms with Gasteiger partial charge in [0.1, 0.15) is 18.2 Å². The summed E-state index contributed by atoms with van der Waals surface area (Å²) in [5.41, 5.74) is 4.30. The Morgan fingerprint density at radius 1 is 1.28 bits per heavy atom. The number of fused-ring (bicyclic) bond motifs is 1. The van der Waals surface area contributed by atoms with Crippen molar-refractivity contribution < 1.29 is 9.32 Å². The maximum atomic E-state index is 12.4. The first kappa shape index (κ1) is 18.7. The number of amides is 1. The van der Waals surface area contributed by atoms with Gasteiger partial charge < -0.3 is 9.84 Å². The van der Waals surface area contributed by atoms with Gasteiger partial charge in [0.25, 0.3) is 11.7 Å². The van der Waals surface area contributed by atoms with Crippen molar-refractivity contribution in [2.24, 2.45) is 0 Å². The SMILES string of the molecule is Cc1cc(-c2ncnn3cncc23)ccc1CNC(=O)c1noc(C(C)(C)C)n1. The number of aryl methyl sites for hydroxylation is 1. The van der Waals surface area contributed by atoms with Crippen molar-refractivity contribution in [3.63, 3.8) is 0 Å². The lowest BCUT2D eigenvalue weighted by Crippen LogP contribution is -2.24. The van der Waals surface area contributed by atoms with Crippen LogP contribution in [0.1, 0.15) is 48.4 Å². The van der Waals surface area contributed by atoms with Crippen molar-refractivity contribution >= 4 is 11.4 Å². The Bertz CT molecular complexity index is 1190. The molecule has 0 bridgehead atoms. The van der Waals surface area contributed by atoms with Gasteiger partial charge in [0.15, 0.2) is 0 Å². The zero-order chi connectivity index (χ0) is 20.6. The predicted molar refractivity (Wildman–Crippen MR) is 105 cm³/mol. The molecule has 4 aromatic rings. The van der Waals surface area contributed by atoms with E-state index >= 15 is 0 Å². The average molecular weight is 391 g/mol. The molecule has 29 heavy (non-hydrogen) atoms. The van der Waals surface area contributed by atoms with Crippen LogP contribution in [-0.2, 0) is 12.0 Å². The molecule has 0 aliphatic carbocycles. The molecule has 9 heteroatoms. The number of benzene rings is 1. The average Bonchev–Trinajstić information content (AvgIpc) is 3.35. The van der Waals surface area contributed by atoms with E-state index in [0.29, 0.717) is 12.4 Å². The third-order valence-electron chi connectivity index (χ3n) is 4.55. The molecule has 1 aromatic carbocycles. The largest absolute Gasteiger partial charge is 0.345 e. The van der Waals surface area contributed by atoms with E-state index in [1.165, 1.54) is 6.33 Å². The van der Waals surface area contributed by atoms with Crippen LogP contribution >= 0.6 is 0 Å². The Balaban J connectivity index is 1.50. The highest BCUT2D eigenvalue weighted by Gasteiger charge is 2.24. The minimum absolute atomic E-state index is 0.0355. The summed E-state index contributed by atoms with van der Waals surface area (Å²) >= 11 is 0. The summed E-state index contributed by atoms with van der Waals surface area (Å²) in [6, 6.07) is 5.97. The van der Waals surface area contributed by atoms with E-state index in [1.807, 2.05) is 45.9 Å². The minimum Gasteiger partial charge on any atom is -0.345 e. The molecule has 9 nitrogen and oxygen atoms in total. The van der Waals surface area contributed by atoms with E-state index in [1.54, 1.807) is 17.0 Å². The van der Waals surface area contributed by atoms with Gasteiger partial charge in [-0.25, -0.2) is 14.5 Å². The monoisotopic (exact) mass is 391 g/mol. The minimum atomic E-state index is -0.371. The second-order valence-corrected chi connectivity index (χ2v) is 7.83. The summed E-state index contributed by atoms with van der Waals surface area (Å²) in [5.74, 6) is 0.0945. The smallest absolute Gasteiger partial charge is 0.292 e. The Hall–Kier alpha value is -3.62. The number of nitrogens with zero attached hydrogens (tertiary/aromatic N) is 6. The molecule has 0 radical (unpaired) electrons. The molecule has 0 saturated heterocycles. The van der Waals surface area contributed by atoms with Gasteiger partial charge in [-0.05, 0) is 24.1 Å². The van der Waals surface area contributed by atoms with E-state index in [9.17, 15) is 4.79 Å². The number of rotatable bonds is 4. The van der Waals surface area contributed by atoms with Crippen LogP contribution < -0.4 is 5.32 Å². The maximum absolute atomic E-state index is 12.4. The molecule has 1 amide bonds. The van der Waals surface area contributed by atoms with Crippen LogP contribution in [0.5, 0.6) is 0 Å². The molecular formula is C20H21N7O2. The Morgan fingerprint density at radius 2 is 2.10 bits per heavy atom. The highest BCUT2D eigenvalue weighted by Crippen LogP contribution is 2.24. The molecule has 0 atom stereocenters. The fourth-order valence-electron chi connectivity index (χ4n) is 2.89. The molecule has 148 valence electrons. The molecule has 0 spiro atoms. The molecule has 0 aliphatic rings. The van der Waals surface area contributed by atoms with Crippen LogP contribution in [0.4, 0.5) is 0 Å². The van der Waals surface area contributed by atoms with Gasteiger partial charge in [0, 0.05) is 17.5 Å². The Labute approximate surface area is 167 Å². The summed E-state index contributed by atoms with van der Waals surface area (Å²) in [6.07, 6.45) is 4.88. The van der Waals surface area contributed by atoms with Gasteiger partial charge in [-0.3, -0.25) is 4.79 Å². The van der Waals surface area contributed by atoms with E-state index in [0.717, 1.165) is 27.9 Å². The maximum Gasteiger partial charge on any atom is 0.292 e. The summed E-state index contributed by atoms with van der Waals surface area (Å²) in [5, 5.41) is 10.8. The number of hydrogen-bond acceptors (Lipinski definition) is 7. The molecule has 0 fully saturated rings. The van der Waals surface area contributed by atoms with Crippen molar-refractivity contribution in [1.29, 1.82) is 0 Å². The van der Waals surface area contributed by atoms with Crippen molar-refractivity contribution in [3.05, 3.63) is 59.9 Å². The first-order valence-electron chi connectivity index (χ1n) is 9.18. The summed E-state index contributed by atoms with van der Waals surface area (Å²) < 4.78 is 6.86. The van der Waals surface area contributed by atoms with Gasteiger partial charge >= 0.3 is 0 Å². The first-order chi connectivity index (χ1) is 13.8. The molecule has 1 N–H and O–H groups in total. The van der Waals surface area contributed by atoms with E-state index in [4.69, 9.17) is 4.52 Å². The standard InChI is InChI=1S/C20H21N7O2/c1-12-7-13(16-15-9-21-11-27(15)24-10-23-16)5-6-14(12)8-22-18(28)17-25-19(29-26-17)20(2,3)4/h5-7,9-11H,8H2,1-4H3,(H,22,28). The van der Waals surface area contributed by atoms with Crippen LogP contribution in [-0.4, -0.2) is 35.6 Å². The highest BCUT2D eigenvalue weighted by atomic mass is 16.5. The quantitative estimate of drug-likeness (QED) is 0.569. The van der Waals surface area contributed by atoms with Crippen molar-refractivity contribution in [1.82, 2.24) is 35.0 Å². The highest BCUT2D eigenvalue weighted by molar-refractivity contribution is 5.90. The van der Waals surface area contributed by atoms with Crippen molar-refractivity contribution in [2.75, 3.05) is 0 Å². The molecule has 0 unspecified atom stereocenters. The number of carbonyl (C=O) groups excluding carboxylic acids is 1. The number of imidazole rings is 1. The zero-order valence-corrected chi connectivity index (χ0v) is 16.7. The topological polar surface area (TPSA) is 111 Å². The molecule has 3 aromatic heterocycles. The number of nitrogens with one attached hydrogen (secondary N) is 1. The normalized spacial score (nSPS) is 11.7. The van der Waals surface area contributed by atoms with Crippen molar-refractivity contribution in [3.8, 4) is 11.3 Å².